The fourth-order valence-electron chi connectivity index (χ4n) is 4.25. The normalized spacial score (nSPS) is 14.4. The number of amides is 1. The van der Waals surface area contributed by atoms with Gasteiger partial charge in [0.25, 0.3) is 5.91 Å². The Kier molecular flexibility index (Phi) is 7.20. The topological polar surface area (TPSA) is 94.8 Å². The quantitative estimate of drug-likeness (QED) is 0.553. The van der Waals surface area contributed by atoms with Crippen molar-refractivity contribution in [1.82, 2.24) is 20.5 Å². The van der Waals surface area contributed by atoms with Crippen molar-refractivity contribution < 1.29 is 18.0 Å². The molecule has 0 radical (unpaired) electrons. The van der Waals surface area contributed by atoms with E-state index in [4.69, 9.17) is 5.26 Å². The zero-order valence-corrected chi connectivity index (χ0v) is 19.9. The molecule has 3 aromatic rings. The number of nitrogens with zero attached hydrogens (tertiary/aromatic N) is 5. The molecule has 0 aliphatic carbocycles. The minimum absolute atomic E-state index is 0.101. The lowest BCUT2D eigenvalue weighted by molar-refractivity contribution is -0.141. The highest BCUT2D eigenvalue weighted by atomic mass is 19.4. The SMILES string of the molecule is Cc1c(-c2ccc(C#N)cc2)nnc(N2CCC(CNC(=O)c3ccc(C(F)(F)F)nc3)CC2)c1C. The Morgan fingerprint density at radius 2 is 1.78 bits per heavy atom. The first kappa shape index (κ1) is 25.1. The number of benzene rings is 1. The van der Waals surface area contributed by atoms with Gasteiger partial charge in [0.2, 0.25) is 0 Å². The van der Waals surface area contributed by atoms with Gasteiger partial charge in [0, 0.05) is 31.4 Å². The maximum atomic E-state index is 12.7. The molecule has 3 heterocycles. The second-order valence-corrected chi connectivity index (χ2v) is 8.88. The molecule has 36 heavy (non-hydrogen) atoms. The van der Waals surface area contributed by atoms with Gasteiger partial charge in [-0.1, -0.05) is 12.1 Å². The highest BCUT2D eigenvalue weighted by Crippen LogP contribution is 2.30. The van der Waals surface area contributed by atoms with Gasteiger partial charge in [-0.2, -0.15) is 18.4 Å². The Hall–Kier alpha value is -4.00. The summed E-state index contributed by atoms with van der Waals surface area (Å²) in [5.74, 6) is 0.650. The number of rotatable bonds is 5. The standard InChI is InChI=1S/C26H25F3N6O/c1-16-17(2)24(34-33-23(16)20-5-3-18(13-30)4-6-20)35-11-9-19(10-12-35)14-32-25(36)21-7-8-22(31-15-21)26(27,28)29/h3-8,15,19H,9-12,14H2,1-2H3,(H,32,36). The number of anilines is 1. The van der Waals surface area contributed by atoms with Crippen LogP contribution in [0.3, 0.4) is 0 Å². The number of carbonyl (C=O) groups is 1. The summed E-state index contributed by atoms with van der Waals surface area (Å²) in [6.07, 6.45) is -1.91. The van der Waals surface area contributed by atoms with Crippen molar-refractivity contribution in [2.24, 2.45) is 5.92 Å². The molecule has 0 saturated carbocycles. The van der Waals surface area contributed by atoms with Crippen molar-refractivity contribution in [3.8, 4) is 17.3 Å². The lowest BCUT2D eigenvalue weighted by atomic mass is 9.96. The van der Waals surface area contributed by atoms with E-state index in [1.54, 1.807) is 12.1 Å². The van der Waals surface area contributed by atoms with E-state index in [2.05, 4.69) is 31.5 Å². The van der Waals surface area contributed by atoms with E-state index in [0.29, 0.717) is 12.1 Å². The molecule has 1 aliphatic rings. The molecular formula is C26H25F3N6O. The van der Waals surface area contributed by atoms with Crippen LogP contribution in [0.1, 0.15) is 45.6 Å². The molecule has 1 aliphatic heterocycles. The third-order valence-electron chi connectivity index (χ3n) is 6.57. The average Bonchev–Trinajstić information content (AvgIpc) is 2.89. The fraction of sp³-hybridized carbons (Fsp3) is 0.346. The van der Waals surface area contributed by atoms with Gasteiger partial charge in [-0.25, -0.2) is 0 Å². The molecule has 186 valence electrons. The van der Waals surface area contributed by atoms with Gasteiger partial charge < -0.3 is 10.2 Å². The number of alkyl halides is 3. The van der Waals surface area contributed by atoms with Crippen molar-refractivity contribution in [1.29, 1.82) is 5.26 Å². The van der Waals surface area contributed by atoms with E-state index in [1.807, 2.05) is 26.0 Å². The van der Waals surface area contributed by atoms with E-state index in [1.165, 1.54) is 0 Å². The van der Waals surface area contributed by atoms with Gasteiger partial charge in [-0.15, -0.1) is 10.2 Å². The maximum Gasteiger partial charge on any atom is 0.433 e. The van der Waals surface area contributed by atoms with Crippen LogP contribution >= 0.6 is 0 Å². The summed E-state index contributed by atoms with van der Waals surface area (Å²) >= 11 is 0. The Morgan fingerprint density at radius 1 is 1.08 bits per heavy atom. The monoisotopic (exact) mass is 494 g/mol. The summed E-state index contributed by atoms with van der Waals surface area (Å²) in [7, 11) is 0. The van der Waals surface area contributed by atoms with Crippen molar-refractivity contribution in [2.75, 3.05) is 24.5 Å². The number of nitriles is 1. The van der Waals surface area contributed by atoms with Crippen molar-refractivity contribution in [3.05, 3.63) is 70.5 Å². The zero-order valence-electron chi connectivity index (χ0n) is 19.9. The van der Waals surface area contributed by atoms with Gasteiger partial charge in [-0.05, 0) is 68.0 Å². The highest BCUT2D eigenvalue weighted by Gasteiger charge is 2.32. The van der Waals surface area contributed by atoms with Crippen LogP contribution in [0, 0.1) is 31.1 Å². The van der Waals surface area contributed by atoms with Crippen LogP contribution in [0.2, 0.25) is 0 Å². The van der Waals surface area contributed by atoms with Crippen LogP contribution in [0.15, 0.2) is 42.6 Å². The molecule has 1 fully saturated rings. The predicted octanol–water partition coefficient (Wildman–Crippen LogP) is 4.69. The summed E-state index contributed by atoms with van der Waals surface area (Å²) < 4.78 is 38.0. The molecule has 1 N–H and O–H groups in total. The summed E-state index contributed by atoms with van der Waals surface area (Å²) in [5, 5.41) is 20.8. The molecule has 7 nitrogen and oxygen atoms in total. The first-order chi connectivity index (χ1) is 17.2. The second-order valence-electron chi connectivity index (χ2n) is 8.88. The molecule has 0 bridgehead atoms. The van der Waals surface area contributed by atoms with Gasteiger partial charge in [0.15, 0.2) is 5.82 Å². The number of aromatic nitrogens is 3. The van der Waals surface area contributed by atoms with E-state index < -0.39 is 17.8 Å². The van der Waals surface area contributed by atoms with Gasteiger partial charge in [0.1, 0.15) is 5.69 Å². The summed E-state index contributed by atoms with van der Waals surface area (Å²) in [6, 6.07) is 11.3. The minimum atomic E-state index is -4.53. The lowest BCUT2D eigenvalue weighted by Crippen LogP contribution is -2.39. The molecule has 1 aromatic carbocycles. The smallest absolute Gasteiger partial charge is 0.355 e. The fourth-order valence-corrected chi connectivity index (χ4v) is 4.25. The molecular weight excluding hydrogens is 469 g/mol. The number of hydrogen-bond acceptors (Lipinski definition) is 6. The Morgan fingerprint density at radius 3 is 2.36 bits per heavy atom. The number of halogens is 3. The van der Waals surface area contributed by atoms with Crippen molar-refractivity contribution in [3.63, 3.8) is 0 Å². The van der Waals surface area contributed by atoms with Gasteiger partial charge in [-0.3, -0.25) is 9.78 Å². The molecule has 2 aromatic heterocycles. The summed E-state index contributed by atoms with van der Waals surface area (Å²) in [6.45, 7) is 5.99. The van der Waals surface area contributed by atoms with E-state index in [0.717, 1.165) is 72.5 Å². The average molecular weight is 495 g/mol. The Balaban J connectivity index is 1.33. The number of hydrogen-bond donors (Lipinski definition) is 1. The number of carbonyl (C=O) groups excluding carboxylic acids is 1. The number of nitrogens with one attached hydrogen (secondary N) is 1. The highest BCUT2D eigenvalue weighted by molar-refractivity contribution is 5.93. The Bertz CT molecular complexity index is 1280. The zero-order chi connectivity index (χ0) is 25.9. The van der Waals surface area contributed by atoms with E-state index >= 15 is 0 Å². The van der Waals surface area contributed by atoms with Crippen LogP contribution in [-0.4, -0.2) is 40.7 Å². The molecule has 0 spiro atoms. The molecule has 0 unspecified atom stereocenters. The molecule has 4 rings (SSSR count). The molecule has 10 heteroatoms. The minimum Gasteiger partial charge on any atom is -0.355 e. The number of pyridine rings is 1. The van der Waals surface area contributed by atoms with Gasteiger partial charge >= 0.3 is 6.18 Å². The summed E-state index contributed by atoms with van der Waals surface area (Å²) in [5.41, 5.74) is 3.44. The van der Waals surface area contributed by atoms with Crippen LogP contribution in [-0.2, 0) is 6.18 Å². The first-order valence-corrected chi connectivity index (χ1v) is 11.6. The maximum absolute atomic E-state index is 12.7. The van der Waals surface area contributed by atoms with E-state index in [9.17, 15) is 18.0 Å². The van der Waals surface area contributed by atoms with Crippen molar-refractivity contribution >= 4 is 11.7 Å². The second kappa shape index (κ2) is 10.3. The van der Waals surface area contributed by atoms with Crippen molar-refractivity contribution in [2.45, 2.75) is 32.9 Å². The third kappa shape index (κ3) is 5.46. The Labute approximate surface area is 207 Å². The largest absolute Gasteiger partial charge is 0.433 e. The molecule has 1 saturated heterocycles. The lowest BCUT2D eigenvalue weighted by Gasteiger charge is -2.33. The van der Waals surface area contributed by atoms with Crippen LogP contribution in [0.25, 0.3) is 11.3 Å². The number of piperidine rings is 1. The van der Waals surface area contributed by atoms with Crippen LogP contribution < -0.4 is 10.2 Å². The molecule has 1 amide bonds. The third-order valence-corrected chi connectivity index (χ3v) is 6.57. The molecule has 0 atom stereocenters. The predicted molar refractivity (Wildman–Crippen MR) is 128 cm³/mol. The van der Waals surface area contributed by atoms with Gasteiger partial charge in [0.05, 0.1) is 22.9 Å². The van der Waals surface area contributed by atoms with E-state index in [-0.39, 0.29) is 11.5 Å². The summed E-state index contributed by atoms with van der Waals surface area (Å²) in [4.78, 5) is 17.9. The first-order valence-electron chi connectivity index (χ1n) is 11.6. The van der Waals surface area contributed by atoms with Crippen LogP contribution in [0.5, 0.6) is 0 Å². The van der Waals surface area contributed by atoms with Crippen LogP contribution in [0.4, 0.5) is 19.0 Å².